The molecule has 0 aliphatic carbocycles. The van der Waals surface area contributed by atoms with Gasteiger partial charge in [-0.1, -0.05) is 4.89 Å². The zero-order valence-electron chi connectivity index (χ0n) is 9.86. The molecule has 96 valence electrons. The lowest BCUT2D eigenvalue weighted by atomic mass is 10.2. The van der Waals surface area contributed by atoms with E-state index in [1.807, 2.05) is 4.89 Å². The third kappa shape index (κ3) is 11.2. The molecule has 2 N–H and O–H groups in total. The summed E-state index contributed by atoms with van der Waals surface area (Å²) in [5, 5.41) is 2.40. The summed E-state index contributed by atoms with van der Waals surface area (Å²) in [6, 6.07) is 0. The van der Waals surface area contributed by atoms with Crippen molar-refractivity contribution >= 4 is 16.1 Å². The van der Waals surface area contributed by atoms with Crippen molar-refractivity contribution in [1.29, 1.82) is 0 Å². The Morgan fingerprint density at radius 2 is 1.88 bits per heavy atom. The maximum Gasteiger partial charge on any atom is 0.407 e. The number of sulfonamides is 1. The van der Waals surface area contributed by atoms with Crippen molar-refractivity contribution in [2.24, 2.45) is 0 Å². The highest BCUT2D eigenvalue weighted by Gasteiger charge is 2.15. The Kier molecular flexibility index (Phi) is 5.70. The zero-order valence-corrected chi connectivity index (χ0v) is 10.7. The first-order valence-corrected chi connectivity index (χ1v) is 6.55. The van der Waals surface area contributed by atoms with E-state index >= 15 is 0 Å². The number of amides is 1. The van der Waals surface area contributed by atoms with Gasteiger partial charge in [-0.15, -0.1) is 0 Å². The van der Waals surface area contributed by atoms with Gasteiger partial charge in [0.2, 0.25) is 10.0 Å². The fourth-order valence-corrected chi connectivity index (χ4v) is 0.964. The van der Waals surface area contributed by atoms with E-state index in [-0.39, 0.29) is 13.2 Å². The summed E-state index contributed by atoms with van der Waals surface area (Å²) in [6.45, 7) is 5.40. The third-order valence-corrected chi connectivity index (χ3v) is 1.50. The molecule has 8 heteroatoms. The summed E-state index contributed by atoms with van der Waals surface area (Å²) in [6.07, 6.45) is 0.393. The molecule has 0 radical (unpaired) electrons. The second-order valence-electron chi connectivity index (χ2n) is 4.13. The van der Waals surface area contributed by atoms with Crippen molar-refractivity contribution in [3.8, 4) is 0 Å². The highest BCUT2D eigenvalue weighted by Crippen LogP contribution is 2.05. The number of ether oxygens (including phenoxy) is 1. The predicted octanol–water partition coefficient (Wildman–Crippen LogP) is -0.00810. The van der Waals surface area contributed by atoms with Crippen molar-refractivity contribution in [3.05, 3.63) is 0 Å². The highest BCUT2D eigenvalue weighted by molar-refractivity contribution is 7.88. The van der Waals surface area contributed by atoms with Crippen molar-refractivity contribution in [1.82, 2.24) is 10.2 Å². The van der Waals surface area contributed by atoms with Gasteiger partial charge in [0.25, 0.3) is 0 Å². The van der Waals surface area contributed by atoms with Gasteiger partial charge in [0.05, 0.1) is 12.9 Å². The fraction of sp³-hybridized carbons (Fsp3) is 0.875. The largest absolute Gasteiger partial charge is 0.444 e. The molecule has 0 rings (SSSR count). The van der Waals surface area contributed by atoms with Crippen LogP contribution in [0, 0.1) is 0 Å². The maximum absolute atomic E-state index is 11.1. The Morgan fingerprint density at radius 1 is 1.31 bits per heavy atom. The van der Waals surface area contributed by atoms with Crippen LogP contribution in [0.25, 0.3) is 0 Å². The number of carbonyl (C=O) groups excluding carboxylic acids is 1. The van der Waals surface area contributed by atoms with E-state index < -0.39 is 21.7 Å². The number of alkyl carbamates (subject to hydrolysis) is 1. The smallest absolute Gasteiger partial charge is 0.407 e. The van der Waals surface area contributed by atoms with Gasteiger partial charge in [-0.05, 0) is 20.8 Å². The standard InChI is InChI=1S/C8H18N2O5S/c1-8(2,3)15-7(11)9-5-6-14-10-16(4,12)13/h10H,5-6H2,1-4H3,(H,9,11). The summed E-state index contributed by atoms with van der Waals surface area (Å²) in [5.74, 6) is 0. The topological polar surface area (TPSA) is 93.7 Å². The summed E-state index contributed by atoms with van der Waals surface area (Å²) >= 11 is 0. The van der Waals surface area contributed by atoms with E-state index in [2.05, 4.69) is 10.2 Å². The van der Waals surface area contributed by atoms with E-state index in [4.69, 9.17) is 4.74 Å². The molecular formula is C8H18N2O5S. The van der Waals surface area contributed by atoms with Crippen LogP contribution < -0.4 is 10.2 Å². The van der Waals surface area contributed by atoms with Crippen molar-refractivity contribution in [2.75, 3.05) is 19.4 Å². The number of hydrogen-bond donors (Lipinski definition) is 2. The lowest BCUT2D eigenvalue weighted by Gasteiger charge is -2.19. The summed E-state index contributed by atoms with van der Waals surface area (Å²) in [4.78, 5) is 17.5. The molecule has 0 aromatic carbocycles. The molecule has 7 nitrogen and oxygen atoms in total. The molecule has 0 spiro atoms. The first-order chi connectivity index (χ1) is 7.10. The molecule has 16 heavy (non-hydrogen) atoms. The molecule has 0 aromatic rings. The maximum atomic E-state index is 11.1. The first-order valence-electron chi connectivity index (χ1n) is 4.65. The normalized spacial score (nSPS) is 12.2. The van der Waals surface area contributed by atoms with E-state index in [1.165, 1.54) is 0 Å². The van der Waals surface area contributed by atoms with Gasteiger partial charge < -0.3 is 10.1 Å². The van der Waals surface area contributed by atoms with Gasteiger partial charge in [-0.3, -0.25) is 4.84 Å². The van der Waals surface area contributed by atoms with Gasteiger partial charge in [0.15, 0.2) is 0 Å². The minimum atomic E-state index is -3.37. The van der Waals surface area contributed by atoms with Crippen LogP contribution in [0.3, 0.4) is 0 Å². The quantitative estimate of drug-likeness (QED) is 0.531. The number of hydrogen-bond acceptors (Lipinski definition) is 5. The van der Waals surface area contributed by atoms with E-state index in [9.17, 15) is 13.2 Å². The molecular weight excluding hydrogens is 236 g/mol. The highest BCUT2D eigenvalue weighted by atomic mass is 32.2. The van der Waals surface area contributed by atoms with Crippen LogP contribution in [0.4, 0.5) is 4.79 Å². The van der Waals surface area contributed by atoms with E-state index in [1.54, 1.807) is 20.8 Å². The Bertz CT molecular complexity index is 320. The molecule has 0 atom stereocenters. The third-order valence-electron chi connectivity index (χ3n) is 1.08. The van der Waals surface area contributed by atoms with Crippen LogP contribution in [-0.4, -0.2) is 39.5 Å². The second kappa shape index (κ2) is 6.02. The van der Waals surface area contributed by atoms with Crippen LogP contribution in [0.1, 0.15) is 20.8 Å². The summed E-state index contributed by atoms with van der Waals surface area (Å²) in [7, 11) is -3.37. The number of rotatable bonds is 5. The predicted molar refractivity (Wildman–Crippen MR) is 58.2 cm³/mol. The zero-order chi connectivity index (χ0) is 12.8. The summed E-state index contributed by atoms with van der Waals surface area (Å²) in [5.41, 5.74) is -0.560. The molecule has 1 amide bonds. The SMILES string of the molecule is CC(C)(C)OC(=O)NCCONS(C)(=O)=O. The van der Waals surface area contributed by atoms with Gasteiger partial charge in [-0.25, -0.2) is 13.2 Å². The minimum Gasteiger partial charge on any atom is -0.444 e. The van der Waals surface area contributed by atoms with Crippen molar-refractivity contribution in [3.63, 3.8) is 0 Å². The van der Waals surface area contributed by atoms with Crippen molar-refractivity contribution in [2.45, 2.75) is 26.4 Å². The van der Waals surface area contributed by atoms with Gasteiger partial charge in [0.1, 0.15) is 5.60 Å². The molecule has 0 saturated heterocycles. The Labute approximate surface area is 95.5 Å². The minimum absolute atomic E-state index is 0.0202. The lowest BCUT2D eigenvalue weighted by molar-refractivity contribution is 0.0477. The average molecular weight is 254 g/mol. The molecule has 0 heterocycles. The van der Waals surface area contributed by atoms with Crippen LogP contribution in [-0.2, 0) is 19.6 Å². The molecule has 0 saturated carbocycles. The van der Waals surface area contributed by atoms with Crippen LogP contribution >= 0.6 is 0 Å². The van der Waals surface area contributed by atoms with Crippen LogP contribution in [0.2, 0.25) is 0 Å². The summed E-state index contributed by atoms with van der Waals surface area (Å²) < 4.78 is 26.1. The molecule has 0 aliphatic rings. The molecule has 0 unspecified atom stereocenters. The Hall–Kier alpha value is -0.860. The van der Waals surface area contributed by atoms with E-state index in [0.29, 0.717) is 0 Å². The van der Waals surface area contributed by atoms with Crippen LogP contribution in [0.5, 0.6) is 0 Å². The monoisotopic (exact) mass is 254 g/mol. The molecule has 0 bridgehead atoms. The van der Waals surface area contributed by atoms with Gasteiger partial charge in [-0.2, -0.15) is 0 Å². The van der Waals surface area contributed by atoms with E-state index in [0.717, 1.165) is 6.26 Å². The lowest BCUT2D eigenvalue weighted by Crippen LogP contribution is -2.35. The Morgan fingerprint density at radius 3 is 2.31 bits per heavy atom. The molecule has 0 aliphatic heterocycles. The molecule has 0 fully saturated rings. The molecule has 0 aromatic heterocycles. The number of carbonyl (C=O) groups is 1. The second-order valence-corrected chi connectivity index (χ2v) is 5.84. The fourth-order valence-electron chi connectivity index (χ4n) is 0.667. The van der Waals surface area contributed by atoms with Gasteiger partial charge >= 0.3 is 6.09 Å². The van der Waals surface area contributed by atoms with Crippen molar-refractivity contribution < 1.29 is 22.8 Å². The first kappa shape index (κ1) is 15.1. The average Bonchev–Trinajstić information content (AvgIpc) is 1.97. The van der Waals surface area contributed by atoms with Gasteiger partial charge in [0, 0.05) is 6.54 Å². The number of nitrogens with one attached hydrogen (secondary N) is 2. The van der Waals surface area contributed by atoms with Crippen LogP contribution in [0.15, 0.2) is 0 Å². The Balaban J connectivity index is 3.57.